The first-order chi connectivity index (χ1) is 9.52. The quantitative estimate of drug-likeness (QED) is 0.667. The Hall–Kier alpha value is -2.57. The number of benzene rings is 1. The van der Waals surface area contributed by atoms with Gasteiger partial charge in [-0.3, -0.25) is 4.79 Å². The van der Waals surface area contributed by atoms with Gasteiger partial charge in [0.2, 0.25) is 0 Å². The zero-order valence-electron chi connectivity index (χ0n) is 11.0. The second-order valence-electron chi connectivity index (χ2n) is 3.94. The third kappa shape index (κ3) is 5.38. The van der Waals surface area contributed by atoms with Crippen LogP contribution in [-0.4, -0.2) is 36.7 Å². The first-order valence-electron chi connectivity index (χ1n) is 5.93. The summed E-state index contributed by atoms with van der Waals surface area (Å²) in [6, 6.07) is 5.77. The topological polar surface area (TPSA) is 105 Å². The van der Waals surface area contributed by atoms with Crippen LogP contribution in [-0.2, 0) is 16.1 Å². The molecule has 20 heavy (non-hydrogen) atoms. The number of ether oxygens (including phenoxy) is 1. The summed E-state index contributed by atoms with van der Waals surface area (Å²) in [5, 5.41) is 13.8. The molecule has 0 aliphatic rings. The minimum absolute atomic E-state index is 0.108. The van der Waals surface area contributed by atoms with E-state index in [1.54, 1.807) is 12.1 Å². The maximum Gasteiger partial charge on any atom is 0.335 e. The molecular formula is C13H16N2O5. The van der Waals surface area contributed by atoms with Crippen molar-refractivity contribution in [3.63, 3.8) is 0 Å². The predicted molar refractivity (Wildman–Crippen MR) is 70.3 cm³/mol. The summed E-state index contributed by atoms with van der Waals surface area (Å²) in [4.78, 5) is 32.9. The van der Waals surface area contributed by atoms with E-state index in [-0.39, 0.29) is 25.1 Å². The van der Waals surface area contributed by atoms with Gasteiger partial charge in [-0.25, -0.2) is 9.59 Å². The number of hydrogen-bond donors (Lipinski definition) is 3. The van der Waals surface area contributed by atoms with Crippen LogP contribution in [0.3, 0.4) is 0 Å². The molecule has 0 atom stereocenters. The number of aromatic carboxylic acids is 1. The zero-order valence-corrected chi connectivity index (χ0v) is 11.0. The standard InChI is InChI=1S/C13H16N2O5/c1-20-11(16)6-7-14-13(19)15-8-9-2-4-10(5-3-9)12(17)18/h2-5H,6-8H2,1H3,(H,17,18)(H2,14,15,19). The minimum Gasteiger partial charge on any atom is -0.478 e. The van der Waals surface area contributed by atoms with Gasteiger partial charge in [0.05, 0.1) is 19.1 Å². The van der Waals surface area contributed by atoms with Crippen LogP contribution in [0.5, 0.6) is 0 Å². The van der Waals surface area contributed by atoms with E-state index in [1.807, 2.05) is 0 Å². The summed E-state index contributed by atoms with van der Waals surface area (Å²) in [5.41, 5.74) is 0.967. The van der Waals surface area contributed by atoms with Gasteiger partial charge in [0.15, 0.2) is 0 Å². The smallest absolute Gasteiger partial charge is 0.335 e. The summed E-state index contributed by atoms with van der Waals surface area (Å²) >= 11 is 0. The lowest BCUT2D eigenvalue weighted by Gasteiger charge is -2.07. The van der Waals surface area contributed by atoms with Gasteiger partial charge in [0.1, 0.15) is 0 Å². The lowest BCUT2D eigenvalue weighted by molar-refractivity contribution is -0.140. The number of rotatable bonds is 6. The van der Waals surface area contributed by atoms with Crippen LogP contribution < -0.4 is 10.6 Å². The molecule has 0 aliphatic heterocycles. The van der Waals surface area contributed by atoms with Crippen molar-refractivity contribution in [2.45, 2.75) is 13.0 Å². The first-order valence-corrected chi connectivity index (χ1v) is 5.93. The molecule has 0 spiro atoms. The number of carboxylic acid groups (broad SMARTS) is 1. The van der Waals surface area contributed by atoms with Gasteiger partial charge in [-0.05, 0) is 17.7 Å². The van der Waals surface area contributed by atoms with Gasteiger partial charge < -0.3 is 20.5 Å². The van der Waals surface area contributed by atoms with Gasteiger partial charge >= 0.3 is 18.0 Å². The van der Waals surface area contributed by atoms with Crippen molar-refractivity contribution >= 4 is 18.0 Å². The molecule has 2 amide bonds. The molecule has 0 aliphatic carbocycles. The molecule has 108 valence electrons. The van der Waals surface area contributed by atoms with E-state index in [4.69, 9.17) is 5.11 Å². The van der Waals surface area contributed by atoms with Crippen molar-refractivity contribution < 1.29 is 24.2 Å². The molecular weight excluding hydrogens is 264 g/mol. The second-order valence-corrected chi connectivity index (χ2v) is 3.94. The van der Waals surface area contributed by atoms with Gasteiger partial charge in [-0.15, -0.1) is 0 Å². The molecule has 7 nitrogen and oxygen atoms in total. The normalized spacial score (nSPS) is 9.65. The van der Waals surface area contributed by atoms with E-state index in [9.17, 15) is 14.4 Å². The number of esters is 1. The Kier molecular flexibility index (Phi) is 6.02. The molecule has 0 saturated heterocycles. The van der Waals surface area contributed by atoms with Gasteiger partial charge in [0, 0.05) is 13.1 Å². The number of nitrogens with one attached hydrogen (secondary N) is 2. The Labute approximate surface area is 115 Å². The SMILES string of the molecule is COC(=O)CCNC(=O)NCc1ccc(C(=O)O)cc1. The van der Waals surface area contributed by atoms with Crippen molar-refractivity contribution in [1.29, 1.82) is 0 Å². The molecule has 0 unspecified atom stereocenters. The fourth-order valence-corrected chi connectivity index (χ4v) is 1.39. The van der Waals surface area contributed by atoms with Crippen LogP contribution in [0.25, 0.3) is 0 Å². The number of carbonyl (C=O) groups is 3. The Morgan fingerprint density at radius 3 is 2.35 bits per heavy atom. The summed E-state index contributed by atoms with van der Waals surface area (Å²) in [6.07, 6.45) is 0.108. The third-order valence-electron chi connectivity index (χ3n) is 2.50. The van der Waals surface area contributed by atoms with Gasteiger partial charge in [0.25, 0.3) is 0 Å². The average Bonchev–Trinajstić information content (AvgIpc) is 2.45. The molecule has 1 aromatic carbocycles. The lowest BCUT2D eigenvalue weighted by Crippen LogP contribution is -2.36. The third-order valence-corrected chi connectivity index (χ3v) is 2.50. The van der Waals surface area contributed by atoms with E-state index >= 15 is 0 Å². The molecule has 0 fully saturated rings. The van der Waals surface area contributed by atoms with E-state index in [0.717, 1.165) is 5.56 Å². The van der Waals surface area contributed by atoms with Crippen LogP contribution in [0, 0.1) is 0 Å². The Bertz CT molecular complexity index is 484. The molecule has 0 radical (unpaired) electrons. The largest absolute Gasteiger partial charge is 0.478 e. The highest BCUT2D eigenvalue weighted by Gasteiger charge is 2.04. The maximum atomic E-state index is 11.4. The molecule has 0 aromatic heterocycles. The van der Waals surface area contributed by atoms with Crippen molar-refractivity contribution in [3.05, 3.63) is 35.4 Å². The fraction of sp³-hybridized carbons (Fsp3) is 0.308. The highest BCUT2D eigenvalue weighted by molar-refractivity contribution is 5.87. The Morgan fingerprint density at radius 2 is 1.80 bits per heavy atom. The molecule has 1 rings (SSSR count). The van der Waals surface area contributed by atoms with Gasteiger partial charge in [-0.1, -0.05) is 12.1 Å². The van der Waals surface area contributed by atoms with E-state index in [0.29, 0.717) is 0 Å². The summed E-state index contributed by atoms with van der Waals surface area (Å²) in [6.45, 7) is 0.459. The van der Waals surface area contributed by atoms with Crippen molar-refractivity contribution in [2.24, 2.45) is 0 Å². The number of methoxy groups -OCH3 is 1. The highest BCUT2D eigenvalue weighted by atomic mass is 16.5. The number of hydrogen-bond acceptors (Lipinski definition) is 4. The van der Waals surface area contributed by atoms with Crippen LogP contribution in [0.1, 0.15) is 22.3 Å². The number of amides is 2. The Morgan fingerprint density at radius 1 is 1.15 bits per heavy atom. The number of urea groups is 1. The average molecular weight is 280 g/mol. The van der Waals surface area contributed by atoms with E-state index in [1.165, 1.54) is 19.2 Å². The molecule has 0 heterocycles. The van der Waals surface area contributed by atoms with Crippen LogP contribution in [0.2, 0.25) is 0 Å². The monoisotopic (exact) mass is 280 g/mol. The number of carboxylic acids is 1. The molecule has 0 saturated carbocycles. The van der Waals surface area contributed by atoms with E-state index in [2.05, 4.69) is 15.4 Å². The lowest BCUT2D eigenvalue weighted by atomic mass is 10.1. The Balaban J connectivity index is 2.30. The molecule has 7 heteroatoms. The first kappa shape index (κ1) is 15.5. The van der Waals surface area contributed by atoms with Crippen molar-refractivity contribution in [2.75, 3.05) is 13.7 Å². The summed E-state index contributed by atoms with van der Waals surface area (Å²) < 4.78 is 4.43. The second kappa shape index (κ2) is 7.78. The maximum absolute atomic E-state index is 11.4. The molecule has 3 N–H and O–H groups in total. The summed E-state index contributed by atoms with van der Waals surface area (Å²) in [5.74, 6) is -1.39. The van der Waals surface area contributed by atoms with Crippen LogP contribution in [0.4, 0.5) is 4.79 Å². The van der Waals surface area contributed by atoms with E-state index < -0.39 is 18.0 Å². The summed E-state index contributed by atoms with van der Waals surface area (Å²) in [7, 11) is 1.28. The minimum atomic E-state index is -0.995. The van der Waals surface area contributed by atoms with Gasteiger partial charge in [-0.2, -0.15) is 0 Å². The van der Waals surface area contributed by atoms with Crippen LogP contribution >= 0.6 is 0 Å². The van der Waals surface area contributed by atoms with Crippen molar-refractivity contribution in [3.8, 4) is 0 Å². The van der Waals surface area contributed by atoms with Crippen LogP contribution in [0.15, 0.2) is 24.3 Å². The molecule has 1 aromatic rings. The molecule has 0 bridgehead atoms. The predicted octanol–water partition coefficient (Wildman–Crippen LogP) is 0.747. The fourth-order valence-electron chi connectivity index (χ4n) is 1.39. The zero-order chi connectivity index (χ0) is 15.0. The van der Waals surface area contributed by atoms with Crippen molar-refractivity contribution in [1.82, 2.24) is 10.6 Å². The number of carbonyl (C=O) groups excluding carboxylic acids is 2. The highest BCUT2D eigenvalue weighted by Crippen LogP contribution is 2.03.